The third kappa shape index (κ3) is 4.15. The normalized spacial score (nSPS) is 22.5. The molecule has 5 nitrogen and oxygen atoms in total. The quantitative estimate of drug-likeness (QED) is 0.885. The van der Waals surface area contributed by atoms with Crippen LogP contribution < -0.4 is 0 Å². The van der Waals surface area contributed by atoms with Crippen LogP contribution in [-0.2, 0) is 4.79 Å². The van der Waals surface area contributed by atoms with Gasteiger partial charge in [0.05, 0.1) is 6.10 Å². The molecule has 1 aromatic carbocycles. The second-order valence-electron chi connectivity index (χ2n) is 7.03. The molecule has 2 fully saturated rings. The number of aliphatic hydroxyl groups is 1. The Balaban J connectivity index is 1.72. The van der Waals surface area contributed by atoms with E-state index < -0.39 is 0 Å². The lowest BCUT2D eigenvalue weighted by Gasteiger charge is -2.40. The van der Waals surface area contributed by atoms with Crippen LogP contribution in [0.5, 0.6) is 0 Å². The average Bonchev–Trinajstić information content (AvgIpc) is 3.12. The van der Waals surface area contributed by atoms with Gasteiger partial charge in [-0.2, -0.15) is 0 Å². The number of carbonyl (C=O) groups excluding carboxylic acids is 1. The second kappa shape index (κ2) is 8.10. The number of aliphatic hydroxyl groups excluding tert-OH is 1. The van der Waals surface area contributed by atoms with E-state index in [9.17, 15) is 9.90 Å². The lowest BCUT2D eigenvalue weighted by Crippen LogP contribution is -2.52. The summed E-state index contributed by atoms with van der Waals surface area (Å²) < 4.78 is 0. The summed E-state index contributed by atoms with van der Waals surface area (Å²) in [5, 5.41) is 9.57. The third-order valence-electron chi connectivity index (χ3n) is 5.06. The number of hydrogen-bond donors (Lipinski definition) is 1. The molecule has 5 heteroatoms. The van der Waals surface area contributed by atoms with E-state index in [4.69, 9.17) is 0 Å². The Morgan fingerprint density at radius 3 is 2.25 bits per heavy atom. The van der Waals surface area contributed by atoms with Gasteiger partial charge >= 0.3 is 0 Å². The molecule has 2 aliphatic heterocycles. The molecular weight excluding hydrogens is 302 g/mol. The van der Waals surface area contributed by atoms with E-state index in [1.807, 2.05) is 30.0 Å². The maximum atomic E-state index is 13.1. The number of carbonyl (C=O) groups is 1. The summed E-state index contributed by atoms with van der Waals surface area (Å²) in [6.07, 6.45) is 1.94. The molecule has 0 radical (unpaired) electrons. The van der Waals surface area contributed by atoms with Gasteiger partial charge in [-0.25, -0.2) is 0 Å². The molecule has 24 heavy (non-hydrogen) atoms. The van der Waals surface area contributed by atoms with Crippen LogP contribution in [0.3, 0.4) is 0 Å². The van der Waals surface area contributed by atoms with Crippen molar-refractivity contribution in [1.29, 1.82) is 0 Å². The summed E-state index contributed by atoms with van der Waals surface area (Å²) in [4.78, 5) is 19.8. The first kappa shape index (κ1) is 17.4. The first-order valence-electron chi connectivity index (χ1n) is 9.13. The minimum atomic E-state index is -0.298. The summed E-state index contributed by atoms with van der Waals surface area (Å²) >= 11 is 0. The summed E-state index contributed by atoms with van der Waals surface area (Å²) in [5.74, 6) is 0.252. The van der Waals surface area contributed by atoms with Gasteiger partial charge in [-0.05, 0) is 25.3 Å². The number of amides is 1. The van der Waals surface area contributed by atoms with Gasteiger partial charge in [0.1, 0.15) is 6.04 Å². The summed E-state index contributed by atoms with van der Waals surface area (Å²) in [5.41, 5.74) is 1.10. The Labute approximate surface area is 144 Å². The zero-order chi connectivity index (χ0) is 16.9. The number of likely N-dealkylation sites (tertiary alicyclic amines) is 1. The zero-order valence-electron chi connectivity index (χ0n) is 14.6. The number of β-amino-alcohol motifs (C(OH)–C–C–N with tert-alkyl or cyclic N) is 1. The molecule has 0 bridgehead atoms. The molecule has 1 N–H and O–H groups in total. The zero-order valence-corrected chi connectivity index (χ0v) is 14.6. The molecule has 2 atom stereocenters. The van der Waals surface area contributed by atoms with Crippen molar-refractivity contribution >= 4 is 5.91 Å². The molecule has 2 saturated heterocycles. The molecule has 0 aliphatic carbocycles. The smallest absolute Gasteiger partial charge is 0.244 e. The van der Waals surface area contributed by atoms with Crippen molar-refractivity contribution in [2.45, 2.75) is 31.9 Å². The van der Waals surface area contributed by atoms with Crippen molar-refractivity contribution in [3.63, 3.8) is 0 Å². The summed E-state index contributed by atoms with van der Waals surface area (Å²) in [6.45, 7) is 7.87. The van der Waals surface area contributed by atoms with Gasteiger partial charge in [0.15, 0.2) is 0 Å². The monoisotopic (exact) mass is 331 g/mol. The van der Waals surface area contributed by atoms with Gasteiger partial charge in [0.25, 0.3) is 0 Å². The van der Waals surface area contributed by atoms with Crippen LogP contribution in [0.1, 0.15) is 31.4 Å². The van der Waals surface area contributed by atoms with Crippen molar-refractivity contribution < 1.29 is 9.90 Å². The number of benzene rings is 1. The van der Waals surface area contributed by atoms with Crippen LogP contribution in [0.25, 0.3) is 0 Å². The van der Waals surface area contributed by atoms with Crippen LogP contribution >= 0.6 is 0 Å². The highest BCUT2D eigenvalue weighted by molar-refractivity contribution is 5.83. The first-order chi connectivity index (χ1) is 11.6. The highest BCUT2D eigenvalue weighted by Gasteiger charge is 2.34. The first-order valence-corrected chi connectivity index (χ1v) is 9.13. The maximum Gasteiger partial charge on any atom is 0.244 e. The van der Waals surface area contributed by atoms with Gasteiger partial charge in [-0.3, -0.25) is 14.6 Å². The summed E-state index contributed by atoms with van der Waals surface area (Å²) in [6, 6.07) is 10.0. The Morgan fingerprint density at radius 2 is 1.67 bits per heavy atom. The van der Waals surface area contributed by atoms with Crippen LogP contribution in [0.2, 0.25) is 0 Å². The highest BCUT2D eigenvalue weighted by Crippen LogP contribution is 2.26. The van der Waals surface area contributed by atoms with E-state index >= 15 is 0 Å². The predicted octanol–water partition coefficient (Wildman–Crippen LogP) is 1.35. The van der Waals surface area contributed by atoms with Gasteiger partial charge in [0, 0.05) is 45.8 Å². The van der Waals surface area contributed by atoms with Crippen molar-refractivity contribution in [1.82, 2.24) is 14.7 Å². The Kier molecular flexibility index (Phi) is 5.87. The van der Waals surface area contributed by atoms with Crippen molar-refractivity contribution in [3.8, 4) is 0 Å². The fraction of sp³-hybridized carbons (Fsp3) is 0.632. The van der Waals surface area contributed by atoms with Crippen LogP contribution in [-0.4, -0.2) is 77.6 Å². The molecule has 132 valence electrons. The number of piperazine rings is 1. The molecule has 1 amide bonds. The Bertz CT molecular complexity index is 521. The van der Waals surface area contributed by atoms with E-state index in [-0.39, 0.29) is 18.1 Å². The topological polar surface area (TPSA) is 47.0 Å². The summed E-state index contributed by atoms with van der Waals surface area (Å²) in [7, 11) is 0. The highest BCUT2D eigenvalue weighted by atomic mass is 16.3. The maximum absolute atomic E-state index is 13.1. The van der Waals surface area contributed by atoms with Gasteiger partial charge in [0.2, 0.25) is 5.91 Å². The minimum absolute atomic E-state index is 0.169. The standard InChI is InChI=1S/C19H29N3O2/c1-16(23)15-20-11-13-21(14-12-20)18(17-7-3-2-4-8-17)19(24)22-9-5-6-10-22/h2-4,7-8,16,18,23H,5-6,9-15H2,1H3/t16-,18+/m0/s1. The molecule has 0 aromatic heterocycles. The van der Waals surface area contributed by atoms with Gasteiger partial charge in [-0.15, -0.1) is 0 Å². The number of rotatable bonds is 5. The molecule has 2 heterocycles. The average molecular weight is 331 g/mol. The van der Waals surface area contributed by atoms with E-state index in [0.29, 0.717) is 6.54 Å². The van der Waals surface area contributed by atoms with Crippen LogP contribution in [0.15, 0.2) is 30.3 Å². The van der Waals surface area contributed by atoms with E-state index in [0.717, 1.165) is 57.7 Å². The molecule has 0 unspecified atom stereocenters. The van der Waals surface area contributed by atoms with Crippen LogP contribution in [0, 0.1) is 0 Å². The van der Waals surface area contributed by atoms with Crippen molar-refractivity contribution in [2.24, 2.45) is 0 Å². The fourth-order valence-electron chi connectivity index (χ4n) is 3.83. The van der Waals surface area contributed by atoms with Crippen LogP contribution in [0.4, 0.5) is 0 Å². The predicted molar refractivity (Wildman–Crippen MR) is 94.7 cm³/mol. The lowest BCUT2D eigenvalue weighted by molar-refractivity contribution is -0.137. The third-order valence-corrected chi connectivity index (χ3v) is 5.06. The largest absolute Gasteiger partial charge is 0.392 e. The van der Waals surface area contributed by atoms with Crippen molar-refractivity contribution in [3.05, 3.63) is 35.9 Å². The molecule has 2 aliphatic rings. The van der Waals surface area contributed by atoms with E-state index in [1.165, 1.54) is 0 Å². The molecule has 0 spiro atoms. The number of hydrogen-bond acceptors (Lipinski definition) is 4. The molecular formula is C19H29N3O2. The molecule has 3 rings (SSSR count). The second-order valence-corrected chi connectivity index (χ2v) is 7.03. The molecule has 1 aromatic rings. The molecule has 0 saturated carbocycles. The van der Waals surface area contributed by atoms with E-state index in [2.05, 4.69) is 21.9 Å². The fourth-order valence-corrected chi connectivity index (χ4v) is 3.83. The minimum Gasteiger partial charge on any atom is -0.392 e. The van der Waals surface area contributed by atoms with Gasteiger partial charge < -0.3 is 10.0 Å². The Hall–Kier alpha value is -1.43. The SMILES string of the molecule is C[C@H](O)CN1CCN([C@@H](C(=O)N2CCCC2)c2ccccc2)CC1. The Morgan fingerprint density at radius 1 is 1.04 bits per heavy atom. The number of nitrogens with zero attached hydrogens (tertiary/aromatic N) is 3. The lowest BCUT2D eigenvalue weighted by atomic mass is 10.0. The van der Waals surface area contributed by atoms with E-state index in [1.54, 1.807) is 0 Å². The van der Waals surface area contributed by atoms with Crippen molar-refractivity contribution in [2.75, 3.05) is 45.8 Å². The van der Waals surface area contributed by atoms with Gasteiger partial charge in [-0.1, -0.05) is 30.3 Å².